The van der Waals surface area contributed by atoms with Gasteiger partial charge in [-0.2, -0.15) is 0 Å². The fraction of sp³-hybridized carbons (Fsp3) is 0.429. The minimum absolute atomic E-state index is 0.0562. The predicted molar refractivity (Wildman–Crippen MR) is 111 cm³/mol. The van der Waals surface area contributed by atoms with Crippen molar-refractivity contribution in [3.05, 3.63) is 48.2 Å². The van der Waals surface area contributed by atoms with E-state index in [4.69, 9.17) is 0 Å². The van der Waals surface area contributed by atoms with Crippen LogP contribution >= 0.6 is 0 Å². The molecular formula is C21H29N5O. The summed E-state index contributed by atoms with van der Waals surface area (Å²) < 4.78 is 0. The van der Waals surface area contributed by atoms with Gasteiger partial charge in [-0.05, 0) is 49.9 Å². The zero-order chi connectivity index (χ0) is 19.1. The minimum atomic E-state index is -0.0562. The normalized spacial score (nSPS) is 14.8. The summed E-state index contributed by atoms with van der Waals surface area (Å²) in [4.78, 5) is 21.3. The molecule has 1 aliphatic heterocycles. The molecule has 0 unspecified atom stereocenters. The fourth-order valence-corrected chi connectivity index (χ4v) is 3.09. The highest BCUT2D eigenvalue weighted by molar-refractivity contribution is 5.94. The van der Waals surface area contributed by atoms with Crippen molar-refractivity contribution >= 4 is 23.1 Å². The average Bonchev–Trinajstić information content (AvgIpc) is 2.70. The lowest BCUT2D eigenvalue weighted by atomic mass is 10.2. The molecule has 2 heterocycles. The molecule has 3 rings (SSSR count). The van der Waals surface area contributed by atoms with Crippen LogP contribution in [0.25, 0.3) is 0 Å². The first-order valence-electron chi connectivity index (χ1n) is 9.70. The fourth-order valence-electron chi connectivity index (χ4n) is 3.09. The number of carbonyl (C=O) groups excluding carboxylic acids is 1. The van der Waals surface area contributed by atoms with E-state index in [-0.39, 0.29) is 5.91 Å². The van der Waals surface area contributed by atoms with Crippen molar-refractivity contribution in [1.29, 1.82) is 0 Å². The van der Waals surface area contributed by atoms with Crippen molar-refractivity contribution in [3.8, 4) is 0 Å². The second-order valence-electron chi connectivity index (χ2n) is 7.00. The first-order valence-corrected chi connectivity index (χ1v) is 9.70. The molecule has 1 saturated heterocycles. The van der Waals surface area contributed by atoms with Crippen LogP contribution in [-0.2, 0) is 0 Å². The topological polar surface area (TPSA) is 60.5 Å². The molecule has 0 bridgehead atoms. The highest BCUT2D eigenvalue weighted by Crippen LogP contribution is 2.21. The van der Waals surface area contributed by atoms with Crippen LogP contribution in [0.4, 0.5) is 17.2 Å². The summed E-state index contributed by atoms with van der Waals surface area (Å²) in [5, 5.41) is 6.22. The number of anilines is 3. The van der Waals surface area contributed by atoms with Crippen LogP contribution in [-0.4, -0.2) is 55.6 Å². The zero-order valence-electron chi connectivity index (χ0n) is 16.2. The minimum Gasteiger partial charge on any atom is -0.369 e. The molecule has 2 aromatic rings. The van der Waals surface area contributed by atoms with Crippen molar-refractivity contribution < 1.29 is 4.79 Å². The number of nitrogens with one attached hydrogen (secondary N) is 2. The number of pyridine rings is 1. The lowest BCUT2D eigenvalue weighted by Gasteiger charge is -2.34. The van der Waals surface area contributed by atoms with Gasteiger partial charge in [-0.15, -0.1) is 0 Å². The Bertz CT molecular complexity index is 738. The maximum Gasteiger partial charge on any atom is 0.251 e. The van der Waals surface area contributed by atoms with Gasteiger partial charge in [-0.1, -0.05) is 13.3 Å². The third kappa shape index (κ3) is 5.44. The van der Waals surface area contributed by atoms with E-state index in [1.165, 1.54) is 5.69 Å². The molecule has 1 aromatic carbocycles. The molecule has 6 heteroatoms. The molecule has 0 spiro atoms. The van der Waals surface area contributed by atoms with Gasteiger partial charge in [-0.3, -0.25) is 4.79 Å². The van der Waals surface area contributed by atoms with Gasteiger partial charge < -0.3 is 20.4 Å². The predicted octanol–water partition coefficient (Wildman–Crippen LogP) is 3.11. The van der Waals surface area contributed by atoms with Gasteiger partial charge in [0.15, 0.2) is 0 Å². The highest BCUT2D eigenvalue weighted by atomic mass is 16.1. The molecule has 0 aliphatic carbocycles. The highest BCUT2D eigenvalue weighted by Gasteiger charge is 2.14. The SMILES string of the molecule is CCCCNC(=O)c1ccnc(Nc2ccc(N3CCN(C)CC3)cc2)c1. The first-order chi connectivity index (χ1) is 13.2. The summed E-state index contributed by atoms with van der Waals surface area (Å²) in [6, 6.07) is 11.9. The summed E-state index contributed by atoms with van der Waals surface area (Å²) in [6.07, 6.45) is 3.71. The number of amides is 1. The Hall–Kier alpha value is -2.60. The quantitative estimate of drug-likeness (QED) is 0.737. The number of hydrogen-bond donors (Lipinski definition) is 2. The molecule has 6 nitrogen and oxygen atoms in total. The van der Waals surface area contributed by atoms with Gasteiger partial charge in [0, 0.05) is 55.9 Å². The molecule has 1 amide bonds. The summed E-state index contributed by atoms with van der Waals surface area (Å²) in [5.74, 6) is 0.616. The zero-order valence-corrected chi connectivity index (χ0v) is 16.2. The van der Waals surface area contributed by atoms with E-state index in [1.54, 1.807) is 18.3 Å². The Kier molecular flexibility index (Phi) is 6.65. The van der Waals surface area contributed by atoms with E-state index in [0.717, 1.165) is 44.7 Å². The second-order valence-corrected chi connectivity index (χ2v) is 7.00. The number of nitrogens with zero attached hydrogens (tertiary/aromatic N) is 3. The molecule has 2 N–H and O–H groups in total. The number of likely N-dealkylation sites (N-methyl/N-ethyl adjacent to an activating group) is 1. The largest absolute Gasteiger partial charge is 0.369 e. The van der Waals surface area contributed by atoms with E-state index in [1.807, 2.05) is 0 Å². The number of rotatable bonds is 7. The van der Waals surface area contributed by atoms with Crippen LogP contribution in [0.15, 0.2) is 42.6 Å². The second kappa shape index (κ2) is 9.37. The van der Waals surface area contributed by atoms with E-state index in [2.05, 4.69) is 63.7 Å². The number of benzene rings is 1. The summed E-state index contributed by atoms with van der Waals surface area (Å²) >= 11 is 0. The van der Waals surface area contributed by atoms with Crippen molar-refractivity contribution in [2.45, 2.75) is 19.8 Å². The smallest absolute Gasteiger partial charge is 0.251 e. The molecule has 0 atom stereocenters. The van der Waals surface area contributed by atoms with Crippen molar-refractivity contribution in [2.75, 3.05) is 50.0 Å². The number of aromatic nitrogens is 1. The lowest BCUT2D eigenvalue weighted by molar-refractivity contribution is 0.0953. The van der Waals surface area contributed by atoms with Crippen molar-refractivity contribution in [3.63, 3.8) is 0 Å². The monoisotopic (exact) mass is 367 g/mol. The molecule has 1 aromatic heterocycles. The van der Waals surface area contributed by atoms with Gasteiger partial charge in [0.25, 0.3) is 5.91 Å². The Morgan fingerprint density at radius 3 is 2.56 bits per heavy atom. The van der Waals surface area contributed by atoms with Crippen LogP contribution in [0, 0.1) is 0 Å². The van der Waals surface area contributed by atoms with E-state index >= 15 is 0 Å². The third-order valence-electron chi connectivity index (χ3n) is 4.85. The molecule has 0 radical (unpaired) electrons. The Balaban J connectivity index is 1.60. The summed E-state index contributed by atoms with van der Waals surface area (Å²) in [7, 11) is 2.16. The van der Waals surface area contributed by atoms with Crippen LogP contribution < -0.4 is 15.5 Å². The Morgan fingerprint density at radius 1 is 1.11 bits per heavy atom. The number of carbonyl (C=O) groups is 1. The van der Waals surface area contributed by atoms with Crippen molar-refractivity contribution in [1.82, 2.24) is 15.2 Å². The third-order valence-corrected chi connectivity index (χ3v) is 4.85. The van der Waals surface area contributed by atoms with Crippen LogP contribution in [0.1, 0.15) is 30.1 Å². The van der Waals surface area contributed by atoms with Crippen LogP contribution in [0.2, 0.25) is 0 Å². The van der Waals surface area contributed by atoms with Gasteiger partial charge in [0.05, 0.1) is 0 Å². The molecule has 0 saturated carbocycles. The Morgan fingerprint density at radius 2 is 1.85 bits per heavy atom. The molecule has 144 valence electrons. The molecule has 1 aliphatic rings. The maximum atomic E-state index is 12.2. The Labute approximate surface area is 161 Å². The summed E-state index contributed by atoms with van der Waals surface area (Å²) in [5.41, 5.74) is 2.83. The molecular weight excluding hydrogens is 338 g/mol. The van der Waals surface area contributed by atoms with Gasteiger partial charge in [-0.25, -0.2) is 4.98 Å². The summed E-state index contributed by atoms with van der Waals surface area (Å²) in [6.45, 7) is 7.11. The van der Waals surface area contributed by atoms with Gasteiger partial charge in [0.2, 0.25) is 0 Å². The standard InChI is InChI=1S/C21H29N5O/c1-3-4-10-23-21(27)17-9-11-22-20(16-17)24-18-5-7-19(8-6-18)26-14-12-25(2)13-15-26/h5-9,11,16H,3-4,10,12-15H2,1-2H3,(H,22,24)(H,23,27). The van der Waals surface area contributed by atoms with Crippen LogP contribution in [0.5, 0.6) is 0 Å². The number of hydrogen-bond acceptors (Lipinski definition) is 5. The van der Waals surface area contributed by atoms with Gasteiger partial charge >= 0.3 is 0 Å². The van der Waals surface area contributed by atoms with E-state index in [9.17, 15) is 4.79 Å². The van der Waals surface area contributed by atoms with Gasteiger partial charge in [0.1, 0.15) is 5.82 Å². The lowest BCUT2D eigenvalue weighted by Crippen LogP contribution is -2.44. The number of piperazine rings is 1. The molecule has 1 fully saturated rings. The maximum absolute atomic E-state index is 12.2. The first kappa shape index (κ1) is 19.2. The van der Waals surface area contributed by atoms with E-state index < -0.39 is 0 Å². The number of unbranched alkanes of at least 4 members (excludes halogenated alkanes) is 1. The van der Waals surface area contributed by atoms with E-state index in [0.29, 0.717) is 17.9 Å². The average molecular weight is 367 g/mol. The molecule has 27 heavy (non-hydrogen) atoms. The van der Waals surface area contributed by atoms with Crippen LogP contribution in [0.3, 0.4) is 0 Å². The van der Waals surface area contributed by atoms with Crippen molar-refractivity contribution in [2.24, 2.45) is 0 Å².